The zero-order valence-corrected chi connectivity index (χ0v) is 32.1. The third-order valence-electron chi connectivity index (χ3n) is 11.1. The van der Waals surface area contributed by atoms with E-state index >= 15 is 0 Å². The summed E-state index contributed by atoms with van der Waals surface area (Å²) in [5.74, 6) is 2.00. The third-order valence-corrected chi connectivity index (χ3v) is 13.4. The van der Waals surface area contributed by atoms with E-state index in [0.29, 0.717) is 17.5 Å². The predicted molar refractivity (Wildman–Crippen MR) is 242 cm³/mol. The molecule has 0 unspecified atom stereocenters. The Kier molecular flexibility index (Phi) is 7.24. The number of hydrogen-bond acceptors (Lipinski definition) is 5. The first-order chi connectivity index (χ1) is 28.2. The van der Waals surface area contributed by atoms with E-state index in [4.69, 9.17) is 15.0 Å². The maximum Gasteiger partial charge on any atom is 0.165 e. The van der Waals surface area contributed by atoms with E-state index in [2.05, 4.69) is 150 Å². The molecule has 0 N–H and O–H groups in total. The average molecular weight is 763 g/mol. The summed E-state index contributed by atoms with van der Waals surface area (Å²) in [4.78, 5) is 15.1. The standard InChI is InChI=1S/C51H30N4S2/c1-3-13-31(14-4-1)49-52-50(32-15-5-2-6-16-32)54-51(53-49)40-21-11-20-39-47-35(19-12-24-45(47)57-48(39)40)33-25-27-38-41-30-34(26-28-44(41)56-46(38)29-33)55-42-22-9-7-17-36(42)37-18-8-10-23-43(37)55/h1-30H. The smallest absolute Gasteiger partial charge is 0.165 e. The van der Waals surface area contributed by atoms with E-state index in [1.165, 1.54) is 79.0 Å². The molecule has 4 nitrogen and oxygen atoms in total. The van der Waals surface area contributed by atoms with Gasteiger partial charge in [-0.15, -0.1) is 22.7 Å². The largest absolute Gasteiger partial charge is 0.309 e. The molecule has 8 aromatic carbocycles. The third kappa shape index (κ3) is 5.15. The van der Waals surface area contributed by atoms with E-state index in [-0.39, 0.29) is 0 Å². The van der Waals surface area contributed by atoms with Crippen LogP contribution in [0.3, 0.4) is 0 Å². The molecular formula is C51H30N4S2. The quantitative estimate of drug-likeness (QED) is 0.175. The summed E-state index contributed by atoms with van der Waals surface area (Å²) in [6, 6.07) is 64.9. The molecule has 4 heterocycles. The van der Waals surface area contributed by atoms with E-state index in [1.807, 2.05) is 47.7 Å². The first-order valence-electron chi connectivity index (χ1n) is 19.0. The summed E-state index contributed by atoms with van der Waals surface area (Å²) in [6.07, 6.45) is 0. The van der Waals surface area contributed by atoms with Gasteiger partial charge in [0.1, 0.15) is 0 Å². The molecule has 0 atom stereocenters. The van der Waals surface area contributed by atoms with Crippen LogP contribution in [0.2, 0.25) is 0 Å². The molecule has 0 bridgehead atoms. The molecule has 0 aliphatic heterocycles. The molecule has 0 aliphatic rings. The molecule has 4 aromatic heterocycles. The molecule has 0 saturated carbocycles. The van der Waals surface area contributed by atoms with Crippen molar-refractivity contribution in [2.75, 3.05) is 0 Å². The van der Waals surface area contributed by atoms with E-state index in [1.54, 1.807) is 11.3 Å². The number of para-hydroxylation sites is 2. The van der Waals surface area contributed by atoms with Crippen molar-refractivity contribution in [2.24, 2.45) is 0 Å². The minimum atomic E-state index is 0.664. The van der Waals surface area contributed by atoms with Crippen molar-refractivity contribution in [2.45, 2.75) is 0 Å². The van der Waals surface area contributed by atoms with E-state index in [0.717, 1.165) is 16.7 Å². The Bertz CT molecular complexity index is 3410. The number of benzene rings is 8. The fraction of sp³-hybridized carbons (Fsp3) is 0. The lowest BCUT2D eigenvalue weighted by Gasteiger charge is -2.09. The normalized spacial score (nSPS) is 11.9. The van der Waals surface area contributed by atoms with Crippen molar-refractivity contribution in [3.8, 4) is 51.0 Å². The van der Waals surface area contributed by atoms with Gasteiger partial charge in [0.2, 0.25) is 0 Å². The van der Waals surface area contributed by atoms with Gasteiger partial charge in [0, 0.05) is 73.5 Å². The first kappa shape index (κ1) is 32.3. The molecule has 0 fully saturated rings. The number of hydrogen-bond donors (Lipinski definition) is 0. The minimum absolute atomic E-state index is 0.664. The van der Waals surface area contributed by atoms with Gasteiger partial charge in [-0.1, -0.05) is 133 Å². The lowest BCUT2D eigenvalue weighted by atomic mass is 9.98. The summed E-state index contributed by atoms with van der Waals surface area (Å²) in [6.45, 7) is 0. The lowest BCUT2D eigenvalue weighted by molar-refractivity contribution is 1.08. The Morgan fingerprint density at radius 2 is 0.965 bits per heavy atom. The average Bonchev–Trinajstić information content (AvgIpc) is 3.96. The van der Waals surface area contributed by atoms with E-state index in [9.17, 15) is 0 Å². The lowest BCUT2D eigenvalue weighted by Crippen LogP contribution is -2.00. The highest BCUT2D eigenvalue weighted by atomic mass is 32.1. The van der Waals surface area contributed by atoms with Gasteiger partial charge in [-0.3, -0.25) is 0 Å². The molecule has 266 valence electrons. The van der Waals surface area contributed by atoms with Gasteiger partial charge in [-0.05, 0) is 59.7 Å². The Labute approximate surface area is 335 Å². The van der Waals surface area contributed by atoms with Crippen LogP contribution < -0.4 is 0 Å². The van der Waals surface area contributed by atoms with Crippen LogP contribution in [0.15, 0.2) is 182 Å². The van der Waals surface area contributed by atoms with Crippen molar-refractivity contribution in [3.05, 3.63) is 182 Å². The summed E-state index contributed by atoms with van der Waals surface area (Å²) in [5, 5.41) is 7.58. The second-order valence-electron chi connectivity index (χ2n) is 14.4. The first-order valence-corrected chi connectivity index (χ1v) is 20.7. The number of fused-ring (bicyclic) bond motifs is 9. The van der Waals surface area contributed by atoms with Crippen LogP contribution in [0.5, 0.6) is 0 Å². The molecule has 6 heteroatoms. The predicted octanol–water partition coefficient (Wildman–Crippen LogP) is 14.4. The number of nitrogens with zero attached hydrogens (tertiary/aromatic N) is 4. The van der Waals surface area contributed by atoms with Crippen LogP contribution in [0.1, 0.15) is 0 Å². The van der Waals surface area contributed by atoms with Crippen LogP contribution >= 0.6 is 22.7 Å². The number of rotatable bonds is 5. The molecule has 12 aromatic rings. The fourth-order valence-corrected chi connectivity index (χ4v) is 10.8. The highest BCUT2D eigenvalue weighted by molar-refractivity contribution is 7.26. The van der Waals surface area contributed by atoms with Gasteiger partial charge in [0.25, 0.3) is 0 Å². The van der Waals surface area contributed by atoms with Crippen molar-refractivity contribution in [3.63, 3.8) is 0 Å². The minimum Gasteiger partial charge on any atom is -0.309 e. The highest BCUT2D eigenvalue weighted by Gasteiger charge is 2.19. The molecule has 57 heavy (non-hydrogen) atoms. The van der Waals surface area contributed by atoms with Gasteiger partial charge in [-0.2, -0.15) is 0 Å². The molecule has 0 aliphatic carbocycles. The Morgan fingerprint density at radius 3 is 1.68 bits per heavy atom. The van der Waals surface area contributed by atoms with E-state index < -0.39 is 0 Å². The van der Waals surface area contributed by atoms with Gasteiger partial charge in [0.05, 0.1) is 11.0 Å². The summed E-state index contributed by atoms with van der Waals surface area (Å²) >= 11 is 3.67. The van der Waals surface area contributed by atoms with Crippen molar-refractivity contribution in [1.29, 1.82) is 0 Å². The second kappa shape index (κ2) is 12.8. The van der Waals surface area contributed by atoms with Crippen molar-refractivity contribution in [1.82, 2.24) is 19.5 Å². The van der Waals surface area contributed by atoms with Gasteiger partial charge in [0.15, 0.2) is 17.5 Å². The van der Waals surface area contributed by atoms with Crippen molar-refractivity contribution < 1.29 is 0 Å². The second-order valence-corrected chi connectivity index (χ2v) is 16.5. The van der Waals surface area contributed by atoms with Gasteiger partial charge in [-0.25, -0.2) is 15.0 Å². The molecule has 0 amide bonds. The Morgan fingerprint density at radius 1 is 0.351 bits per heavy atom. The molecule has 0 saturated heterocycles. The monoisotopic (exact) mass is 762 g/mol. The maximum absolute atomic E-state index is 5.09. The topological polar surface area (TPSA) is 43.6 Å². The van der Waals surface area contributed by atoms with Gasteiger partial charge >= 0.3 is 0 Å². The number of aromatic nitrogens is 4. The number of thiophene rings is 2. The maximum atomic E-state index is 5.09. The Hall–Kier alpha value is -6.99. The summed E-state index contributed by atoms with van der Waals surface area (Å²) in [7, 11) is 0. The van der Waals surface area contributed by atoms with Gasteiger partial charge < -0.3 is 4.57 Å². The summed E-state index contributed by atoms with van der Waals surface area (Å²) < 4.78 is 7.39. The fourth-order valence-electron chi connectivity index (χ4n) is 8.47. The van der Waals surface area contributed by atoms with Crippen LogP contribution in [0.4, 0.5) is 0 Å². The van der Waals surface area contributed by atoms with Crippen molar-refractivity contribution >= 4 is 84.8 Å². The summed E-state index contributed by atoms with van der Waals surface area (Å²) in [5.41, 5.74) is 9.00. The molecule has 0 spiro atoms. The zero-order chi connectivity index (χ0) is 37.5. The zero-order valence-electron chi connectivity index (χ0n) is 30.4. The SMILES string of the molecule is c1ccc(-c2nc(-c3ccccc3)nc(-c3cccc4c3sc3cccc(-c5ccc6c(c5)sc5ccc(-n7c8ccccc8c8ccccc87)cc56)c34)n2)cc1. The molecule has 12 rings (SSSR count). The highest BCUT2D eigenvalue weighted by Crippen LogP contribution is 2.45. The van der Waals surface area contributed by atoms with Crippen LogP contribution in [-0.2, 0) is 0 Å². The molecular weight excluding hydrogens is 733 g/mol. The van der Waals surface area contributed by atoms with Crippen LogP contribution in [0, 0.1) is 0 Å². The van der Waals surface area contributed by atoms with Crippen LogP contribution in [0.25, 0.3) is 113 Å². The Balaban J connectivity index is 0.997. The molecule has 0 radical (unpaired) electrons. The van der Waals surface area contributed by atoms with Crippen LogP contribution in [-0.4, -0.2) is 19.5 Å².